The lowest BCUT2D eigenvalue weighted by atomic mass is 10.1. The fraction of sp³-hybridized carbons (Fsp3) is 0.316. The zero-order chi connectivity index (χ0) is 17.1. The molecule has 1 saturated heterocycles. The lowest BCUT2D eigenvalue weighted by Gasteiger charge is -2.26. The number of hydrogen-bond donors (Lipinski definition) is 0. The zero-order valence-electron chi connectivity index (χ0n) is 14.1. The monoisotopic (exact) mass is 343 g/mol. The van der Waals surface area contributed by atoms with E-state index in [9.17, 15) is 4.79 Å². The molecule has 3 rings (SSSR count). The Morgan fingerprint density at radius 3 is 2.67 bits per heavy atom. The van der Waals surface area contributed by atoms with Crippen molar-refractivity contribution in [2.75, 3.05) is 26.5 Å². The standard InChI is InChI=1S/C19H21NO3S/c1-13-6-4-5-7-15(13)18(21)20-10-11-24-19(20)16-12-14(22-2)8-9-17(16)23-3/h4-9,12,19H,10-11H2,1-3H3/t19-/m1/s1. The third kappa shape index (κ3) is 3.08. The summed E-state index contributed by atoms with van der Waals surface area (Å²) in [7, 11) is 3.29. The highest BCUT2D eigenvalue weighted by Crippen LogP contribution is 2.43. The maximum atomic E-state index is 13.0. The summed E-state index contributed by atoms with van der Waals surface area (Å²) in [6.07, 6.45) is 0. The summed E-state index contributed by atoms with van der Waals surface area (Å²) in [4.78, 5) is 15.0. The van der Waals surface area contributed by atoms with Crippen molar-refractivity contribution in [2.45, 2.75) is 12.3 Å². The molecule has 0 spiro atoms. The van der Waals surface area contributed by atoms with Crippen LogP contribution < -0.4 is 9.47 Å². The second-order valence-electron chi connectivity index (χ2n) is 5.64. The van der Waals surface area contributed by atoms with E-state index in [1.807, 2.05) is 54.3 Å². The van der Waals surface area contributed by atoms with Crippen LogP contribution >= 0.6 is 11.8 Å². The Bertz CT molecular complexity index is 747. The quantitative estimate of drug-likeness (QED) is 0.844. The summed E-state index contributed by atoms with van der Waals surface area (Å²) in [6, 6.07) is 13.4. The van der Waals surface area contributed by atoms with Gasteiger partial charge in [-0.25, -0.2) is 0 Å². The van der Waals surface area contributed by atoms with E-state index in [1.54, 1.807) is 26.0 Å². The van der Waals surface area contributed by atoms with Crippen LogP contribution in [-0.4, -0.2) is 37.3 Å². The first-order valence-corrected chi connectivity index (χ1v) is 8.90. The van der Waals surface area contributed by atoms with Crippen LogP contribution in [-0.2, 0) is 0 Å². The second-order valence-corrected chi connectivity index (χ2v) is 6.83. The summed E-state index contributed by atoms with van der Waals surface area (Å²) in [5.74, 6) is 2.51. The molecule has 1 aliphatic heterocycles. The molecule has 0 aliphatic carbocycles. The molecule has 0 radical (unpaired) electrons. The predicted molar refractivity (Wildman–Crippen MR) is 97.0 cm³/mol. The number of hydrogen-bond acceptors (Lipinski definition) is 4. The molecule has 1 atom stereocenters. The number of thioether (sulfide) groups is 1. The highest BCUT2D eigenvalue weighted by molar-refractivity contribution is 7.99. The smallest absolute Gasteiger partial charge is 0.255 e. The van der Waals surface area contributed by atoms with Gasteiger partial charge in [-0.2, -0.15) is 0 Å². The van der Waals surface area contributed by atoms with Crippen LogP contribution in [0, 0.1) is 6.92 Å². The van der Waals surface area contributed by atoms with Crippen LogP contribution in [0.3, 0.4) is 0 Å². The highest BCUT2D eigenvalue weighted by Gasteiger charge is 2.33. The van der Waals surface area contributed by atoms with Gasteiger partial charge in [0.25, 0.3) is 5.91 Å². The van der Waals surface area contributed by atoms with Crippen molar-refractivity contribution in [3.63, 3.8) is 0 Å². The van der Waals surface area contributed by atoms with Gasteiger partial charge in [0.15, 0.2) is 0 Å². The summed E-state index contributed by atoms with van der Waals surface area (Å²) >= 11 is 1.75. The molecule has 1 amide bonds. The van der Waals surface area contributed by atoms with Crippen molar-refractivity contribution in [2.24, 2.45) is 0 Å². The molecule has 5 heteroatoms. The summed E-state index contributed by atoms with van der Waals surface area (Å²) < 4.78 is 10.9. The van der Waals surface area contributed by atoms with Crippen LogP contribution in [0.25, 0.3) is 0 Å². The van der Waals surface area contributed by atoms with Gasteiger partial charge in [0.05, 0.1) is 14.2 Å². The summed E-state index contributed by atoms with van der Waals surface area (Å²) in [5.41, 5.74) is 2.73. The van der Waals surface area contributed by atoms with E-state index in [-0.39, 0.29) is 11.3 Å². The number of rotatable bonds is 4. The Morgan fingerprint density at radius 1 is 1.17 bits per heavy atom. The SMILES string of the molecule is COc1ccc(OC)c([C@H]2SCCN2C(=O)c2ccccc2C)c1. The molecule has 0 saturated carbocycles. The van der Waals surface area contributed by atoms with Gasteiger partial charge in [-0.05, 0) is 36.8 Å². The van der Waals surface area contributed by atoms with Crippen LogP contribution in [0.4, 0.5) is 0 Å². The van der Waals surface area contributed by atoms with E-state index < -0.39 is 0 Å². The Morgan fingerprint density at radius 2 is 1.96 bits per heavy atom. The normalized spacial score (nSPS) is 17.0. The van der Waals surface area contributed by atoms with Gasteiger partial charge in [-0.1, -0.05) is 18.2 Å². The third-order valence-electron chi connectivity index (χ3n) is 4.23. The fourth-order valence-corrected chi connectivity index (χ4v) is 4.21. The number of nitrogens with zero attached hydrogens (tertiary/aromatic N) is 1. The molecule has 0 unspecified atom stereocenters. The lowest BCUT2D eigenvalue weighted by molar-refractivity contribution is 0.0758. The number of ether oxygens (including phenoxy) is 2. The third-order valence-corrected chi connectivity index (χ3v) is 5.47. The topological polar surface area (TPSA) is 38.8 Å². The van der Waals surface area contributed by atoms with Crippen molar-refractivity contribution in [1.29, 1.82) is 0 Å². The van der Waals surface area contributed by atoms with Gasteiger partial charge in [-0.3, -0.25) is 4.79 Å². The van der Waals surface area contributed by atoms with Crippen molar-refractivity contribution in [3.05, 3.63) is 59.2 Å². The van der Waals surface area contributed by atoms with E-state index in [0.29, 0.717) is 0 Å². The van der Waals surface area contributed by atoms with Crippen LogP contribution in [0.2, 0.25) is 0 Å². The van der Waals surface area contributed by atoms with Gasteiger partial charge in [0, 0.05) is 23.4 Å². The van der Waals surface area contributed by atoms with Gasteiger partial charge < -0.3 is 14.4 Å². The fourth-order valence-electron chi connectivity index (χ4n) is 2.94. The molecule has 1 aliphatic rings. The maximum Gasteiger partial charge on any atom is 0.255 e. The lowest BCUT2D eigenvalue weighted by Crippen LogP contribution is -2.31. The Labute approximate surface area is 146 Å². The van der Waals surface area contributed by atoms with Crippen LogP contribution in [0.5, 0.6) is 11.5 Å². The first-order valence-electron chi connectivity index (χ1n) is 7.86. The number of carbonyl (C=O) groups is 1. The molecule has 1 fully saturated rings. The predicted octanol–water partition coefficient (Wildman–Crippen LogP) is 3.90. The van der Waals surface area contributed by atoms with E-state index in [4.69, 9.17) is 9.47 Å². The minimum Gasteiger partial charge on any atom is -0.497 e. The van der Waals surface area contributed by atoms with Gasteiger partial charge in [0.2, 0.25) is 0 Å². The summed E-state index contributed by atoms with van der Waals surface area (Å²) in [6.45, 7) is 2.69. The van der Waals surface area contributed by atoms with Crippen LogP contribution in [0.15, 0.2) is 42.5 Å². The molecule has 4 nitrogen and oxygen atoms in total. The molecule has 24 heavy (non-hydrogen) atoms. The van der Waals surface area contributed by atoms with Crippen molar-refractivity contribution in [1.82, 2.24) is 4.90 Å². The Hall–Kier alpha value is -2.14. The van der Waals surface area contributed by atoms with E-state index in [0.717, 1.165) is 40.5 Å². The number of carbonyl (C=O) groups excluding carboxylic acids is 1. The van der Waals surface area contributed by atoms with E-state index in [1.165, 1.54) is 0 Å². The van der Waals surface area contributed by atoms with Crippen molar-refractivity contribution in [3.8, 4) is 11.5 Å². The van der Waals surface area contributed by atoms with E-state index in [2.05, 4.69) is 0 Å². The van der Waals surface area contributed by atoms with Gasteiger partial charge >= 0.3 is 0 Å². The molecule has 1 heterocycles. The number of aryl methyl sites for hydroxylation is 1. The van der Waals surface area contributed by atoms with E-state index >= 15 is 0 Å². The Balaban J connectivity index is 1.97. The maximum absolute atomic E-state index is 13.0. The van der Waals surface area contributed by atoms with Crippen molar-refractivity contribution < 1.29 is 14.3 Å². The molecular formula is C19H21NO3S. The molecule has 126 valence electrons. The molecule has 0 aromatic heterocycles. The largest absolute Gasteiger partial charge is 0.497 e. The second kappa shape index (κ2) is 7.18. The van der Waals surface area contributed by atoms with Crippen LogP contribution in [0.1, 0.15) is 26.9 Å². The highest BCUT2D eigenvalue weighted by atomic mass is 32.2. The number of methoxy groups -OCH3 is 2. The number of benzene rings is 2. The van der Waals surface area contributed by atoms with Crippen molar-refractivity contribution >= 4 is 17.7 Å². The average Bonchev–Trinajstić information content (AvgIpc) is 3.10. The average molecular weight is 343 g/mol. The van der Waals surface area contributed by atoms with Gasteiger partial charge in [-0.15, -0.1) is 11.8 Å². The first-order chi connectivity index (χ1) is 11.7. The first kappa shape index (κ1) is 16.7. The summed E-state index contributed by atoms with van der Waals surface area (Å²) in [5, 5.41) is -0.0674. The molecule has 0 bridgehead atoms. The minimum absolute atomic E-state index is 0.0629. The Kier molecular flexibility index (Phi) is 5.00. The number of amides is 1. The molecule has 2 aromatic rings. The molecular weight excluding hydrogens is 322 g/mol. The van der Waals surface area contributed by atoms with Gasteiger partial charge in [0.1, 0.15) is 16.9 Å². The minimum atomic E-state index is -0.0674. The molecule has 2 aromatic carbocycles. The zero-order valence-corrected chi connectivity index (χ0v) is 14.9. The molecule has 0 N–H and O–H groups in total.